The summed E-state index contributed by atoms with van der Waals surface area (Å²) in [6, 6.07) is 0. The molecule has 0 aliphatic heterocycles. The van der Waals surface area contributed by atoms with Crippen LogP contribution in [0.1, 0.15) is 400 Å². The van der Waals surface area contributed by atoms with Gasteiger partial charge in [-0.3, -0.25) is 14.4 Å². The summed E-state index contributed by atoms with van der Waals surface area (Å²) in [6.45, 7) is 6.69. The molecule has 0 rings (SSSR count). The molecule has 0 spiro atoms. The van der Waals surface area contributed by atoms with Gasteiger partial charge < -0.3 is 14.2 Å². The number of hydrogen-bond acceptors (Lipinski definition) is 6. The molecule has 1 atom stereocenters. The van der Waals surface area contributed by atoms with Crippen molar-refractivity contribution in [1.29, 1.82) is 0 Å². The van der Waals surface area contributed by atoms with Crippen LogP contribution in [-0.2, 0) is 28.6 Å². The molecule has 0 aliphatic rings. The van der Waals surface area contributed by atoms with Crippen LogP contribution < -0.4 is 0 Å². The molecule has 6 nitrogen and oxygen atoms in total. The Morgan fingerprint density at radius 1 is 0.244 bits per heavy atom. The van der Waals surface area contributed by atoms with Gasteiger partial charge in [-0.1, -0.05) is 345 Å². The Morgan fingerprint density at radius 3 is 0.695 bits per heavy atom. The number of ether oxygens (including phenoxy) is 3. The Balaban J connectivity index is 4.26. The molecule has 0 aromatic heterocycles. The molecule has 0 heterocycles. The predicted octanol–water partition coefficient (Wildman–Crippen LogP) is 25.3. The highest BCUT2D eigenvalue weighted by Crippen LogP contribution is 2.18. The minimum absolute atomic E-state index is 0.0712. The van der Waals surface area contributed by atoms with Crippen molar-refractivity contribution in [3.05, 3.63) is 48.6 Å². The minimum atomic E-state index is -0.776. The fraction of sp³-hybridized carbons (Fsp3) is 0.855. The highest BCUT2D eigenvalue weighted by Gasteiger charge is 2.19. The molecule has 1 unspecified atom stereocenters. The average Bonchev–Trinajstić information content (AvgIpc) is 3.47. The van der Waals surface area contributed by atoms with Gasteiger partial charge >= 0.3 is 17.9 Å². The van der Waals surface area contributed by atoms with Gasteiger partial charge in [-0.05, 0) is 83.5 Å². The van der Waals surface area contributed by atoms with Gasteiger partial charge in [-0.15, -0.1) is 0 Å². The third-order valence-corrected chi connectivity index (χ3v) is 16.6. The summed E-state index contributed by atoms with van der Waals surface area (Å²) in [5.74, 6) is -0.850. The van der Waals surface area contributed by atoms with Crippen LogP contribution >= 0.6 is 0 Å². The first-order valence-electron chi connectivity index (χ1n) is 36.6. The summed E-state index contributed by atoms with van der Waals surface area (Å²) in [6.07, 6.45) is 90.0. The smallest absolute Gasteiger partial charge is 0.306 e. The maximum atomic E-state index is 13.0. The summed E-state index contributed by atoms with van der Waals surface area (Å²) in [4.78, 5) is 38.5. The molecule has 6 heteroatoms. The van der Waals surface area contributed by atoms with Gasteiger partial charge in [-0.25, -0.2) is 0 Å². The third-order valence-electron chi connectivity index (χ3n) is 16.6. The SMILES string of the molecule is CCCCCCC/C=C\C/C=C\C/C=C\CCCCCCCCCCC(=O)OC(COC(=O)CCCCCCCCCCCCCCCC)COC(=O)CCCCCCCCCCCCCCCCC/C=C\CCCCCCCCCC. The lowest BCUT2D eigenvalue weighted by molar-refractivity contribution is -0.167. The van der Waals surface area contributed by atoms with E-state index in [1.54, 1.807) is 0 Å². The van der Waals surface area contributed by atoms with E-state index in [1.165, 1.54) is 283 Å². The summed E-state index contributed by atoms with van der Waals surface area (Å²) >= 11 is 0. The van der Waals surface area contributed by atoms with E-state index in [4.69, 9.17) is 14.2 Å². The van der Waals surface area contributed by atoms with E-state index < -0.39 is 6.10 Å². The van der Waals surface area contributed by atoms with Gasteiger partial charge in [0.1, 0.15) is 13.2 Å². The van der Waals surface area contributed by atoms with Crippen LogP contribution in [0.25, 0.3) is 0 Å². The van der Waals surface area contributed by atoms with Gasteiger partial charge in [0.05, 0.1) is 0 Å². The van der Waals surface area contributed by atoms with Crippen molar-refractivity contribution in [3.63, 3.8) is 0 Å². The first-order valence-corrected chi connectivity index (χ1v) is 36.6. The second kappa shape index (κ2) is 70.9. The maximum Gasteiger partial charge on any atom is 0.306 e. The van der Waals surface area contributed by atoms with E-state index in [0.29, 0.717) is 19.3 Å². The van der Waals surface area contributed by atoms with E-state index >= 15 is 0 Å². The molecule has 0 saturated heterocycles. The fourth-order valence-electron chi connectivity index (χ4n) is 11.0. The molecule has 82 heavy (non-hydrogen) atoms. The molecule has 0 amide bonds. The zero-order chi connectivity index (χ0) is 59.2. The number of hydrogen-bond donors (Lipinski definition) is 0. The quantitative estimate of drug-likeness (QED) is 0.0261. The summed E-state index contributed by atoms with van der Waals surface area (Å²) in [5, 5.41) is 0. The Labute approximate surface area is 511 Å². The van der Waals surface area contributed by atoms with Crippen LogP contribution in [0, 0.1) is 0 Å². The van der Waals surface area contributed by atoms with Crippen LogP contribution in [-0.4, -0.2) is 37.2 Å². The van der Waals surface area contributed by atoms with Crippen molar-refractivity contribution in [2.75, 3.05) is 13.2 Å². The van der Waals surface area contributed by atoms with Crippen LogP contribution in [0.5, 0.6) is 0 Å². The molecule has 0 N–H and O–H groups in total. The van der Waals surface area contributed by atoms with Crippen LogP contribution in [0.2, 0.25) is 0 Å². The monoisotopic (exact) mass is 1150 g/mol. The largest absolute Gasteiger partial charge is 0.462 e. The van der Waals surface area contributed by atoms with Crippen LogP contribution in [0.15, 0.2) is 48.6 Å². The number of carbonyl (C=O) groups excluding carboxylic acids is 3. The standard InChI is InChI=1S/C76H140O6/c1-4-7-10-13-16-19-22-25-28-30-32-34-36-37-38-39-41-42-44-46-48-51-54-57-60-63-66-69-75(78)81-72-73(71-80-74(77)68-65-62-59-56-53-50-27-24-21-18-15-12-9-6-3)82-76(79)70-67-64-61-58-55-52-49-47-45-43-40-35-33-31-29-26-23-20-17-14-11-8-5-2/h23,26,30-33,40,43,73H,4-22,24-25,27-29,34-39,41-42,44-72H2,1-3H3/b26-23-,32-30-,33-31-,43-40-. The lowest BCUT2D eigenvalue weighted by atomic mass is 10.0. The molecule has 0 saturated carbocycles. The first kappa shape index (κ1) is 79.4. The molecule has 0 radical (unpaired) electrons. The molecular weight excluding hydrogens is 1010 g/mol. The van der Waals surface area contributed by atoms with Crippen molar-refractivity contribution in [2.24, 2.45) is 0 Å². The van der Waals surface area contributed by atoms with Gasteiger partial charge in [0.2, 0.25) is 0 Å². The predicted molar refractivity (Wildman–Crippen MR) is 358 cm³/mol. The fourth-order valence-corrected chi connectivity index (χ4v) is 11.0. The normalized spacial score (nSPS) is 12.3. The number of rotatable bonds is 68. The average molecular weight is 1150 g/mol. The van der Waals surface area contributed by atoms with Gasteiger partial charge in [0, 0.05) is 19.3 Å². The van der Waals surface area contributed by atoms with E-state index in [2.05, 4.69) is 69.4 Å². The van der Waals surface area contributed by atoms with Gasteiger partial charge in [0.25, 0.3) is 0 Å². The molecule has 0 aliphatic carbocycles. The Morgan fingerprint density at radius 2 is 0.439 bits per heavy atom. The molecule has 0 aromatic carbocycles. The second-order valence-electron chi connectivity index (χ2n) is 24.9. The highest BCUT2D eigenvalue weighted by molar-refractivity contribution is 5.71. The van der Waals surface area contributed by atoms with E-state index in [-0.39, 0.29) is 31.1 Å². The second-order valence-corrected chi connectivity index (χ2v) is 24.9. The van der Waals surface area contributed by atoms with E-state index in [9.17, 15) is 14.4 Å². The Hall–Kier alpha value is -2.63. The minimum Gasteiger partial charge on any atom is -0.462 e. The van der Waals surface area contributed by atoms with E-state index in [0.717, 1.165) is 77.0 Å². The number of esters is 3. The van der Waals surface area contributed by atoms with Gasteiger partial charge in [0.15, 0.2) is 6.10 Å². The lowest BCUT2D eigenvalue weighted by Gasteiger charge is -2.18. The lowest BCUT2D eigenvalue weighted by Crippen LogP contribution is -2.30. The van der Waals surface area contributed by atoms with Crippen molar-refractivity contribution < 1.29 is 28.6 Å². The third kappa shape index (κ3) is 68.2. The first-order chi connectivity index (χ1) is 40.5. The zero-order valence-corrected chi connectivity index (χ0v) is 55.3. The van der Waals surface area contributed by atoms with Crippen molar-refractivity contribution >= 4 is 17.9 Å². The molecule has 0 aromatic rings. The van der Waals surface area contributed by atoms with E-state index in [1.807, 2.05) is 0 Å². The Kier molecular flexibility index (Phi) is 68.6. The number of carbonyl (C=O) groups is 3. The molecule has 480 valence electrons. The molecule has 0 fully saturated rings. The number of allylic oxidation sites excluding steroid dienone is 8. The van der Waals surface area contributed by atoms with Gasteiger partial charge in [-0.2, -0.15) is 0 Å². The molecule has 0 bridgehead atoms. The maximum absolute atomic E-state index is 13.0. The van der Waals surface area contributed by atoms with Crippen LogP contribution in [0.3, 0.4) is 0 Å². The molecular formula is C76H140O6. The summed E-state index contributed by atoms with van der Waals surface area (Å²) < 4.78 is 17.0. The van der Waals surface area contributed by atoms with Crippen molar-refractivity contribution in [3.8, 4) is 0 Å². The zero-order valence-electron chi connectivity index (χ0n) is 55.3. The Bertz CT molecular complexity index is 1410. The van der Waals surface area contributed by atoms with Crippen LogP contribution in [0.4, 0.5) is 0 Å². The highest BCUT2D eigenvalue weighted by atomic mass is 16.6. The van der Waals surface area contributed by atoms with Crippen molar-refractivity contribution in [2.45, 2.75) is 406 Å². The summed E-state index contributed by atoms with van der Waals surface area (Å²) in [5.41, 5.74) is 0. The van der Waals surface area contributed by atoms with Crippen molar-refractivity contribution in [1.82, 2.24) is 0 Å². The summed E-state index contributed by atoms with van der Waals surface area (Å²) in [7, 11) is 0. The number of unbranched alkanes of at least 4 members (excludes halogenated alkanes) is 49. The topological polar surface area (TPSA) is 78.9 Å².